The molecule has 1 aliphatic heterocycles. The summed E-state index contributed by atoms with van der Waals surface area (Å²) in [5, 5.41) is 0. The highest BCUT2D eigenvalue weighted by Crippen LogP contribution is 2.15. The third kappa shape index (κ3) is 2.32. The van der Waals surface area contributed by atoms with Gasteiger partial charge in [-0.05, 0) is 17.9 Å². The maximum Gasteiger partial charge on any atom is 0.0404 e. The summed E-state index contributed by atoms with van der Waals surface area (Å²) in [6.45, 7) is 2.19. The quantitative estimate of drug-likeness (QED) is 0.670. The highest BCUT2D eigenvalue weighted by Gasteiger charge is 2.04. The first kappa shape index (κ1) is 9.20. The van der Waals surface area contributed by atoms with Crippen molar-refractivity contribution in [3.63, 3.8) is 0 Å². The molecule has 1 heteroatoms. The standard InChI is InChI=1S/C13H15N/c1-11-7-8-13(14-10-11)9-12-5-3-2-4-6-12/h2-6,8,10-11H,7,9H2,1H3. The fourth-order valence-corrected chi connectivity index (χ4v) is 1.58. The Balaban J connectivity index is 2.03. The molecule has 0 saturated heterocycles. The van der Waals surface area contributed by atoms with Gasteiger partial charge in [-0.15, -0.1) is 0 Å². The van der Waals surface area contributed by atoms with Crippen LogP contribution in [0.25, 0.3) is 0 Å². The van der Waals surface area contributed by atoms with Gasteiger partial charge in [0.2, 0.25) is 0 Å². The van der Waals surface area contributed by atoms with Crippen molar-refractivity contribution < 1.29 is 0 Å². The van der Waals surface area contributed by atoms with E-state index in [2.05, 4.69) is 48.5 Å². The normalized spacial score (nSPS) is 20.6. The Morgan fingerprint density at radius 1 is 1.29 bits per heavy atom. The zero-order chi connectivity index (χ0) is 9.80. The van der Waals surface area contributed by atoms with Gasteiger partial charge in [0.1, 0.15) is 0 Å². The Bertz CT molecular complexity index is 349. The Hall–Kier alpha value is -1.37. The fraction of sp³-hybridized carbons (Fsp3) is 0.308. The van der Waals surface area contributed by atoms with Gasteiger partial charge in [0.05, 0.1) is 0 Å². The maximum absolute atomic E-state index is 4.44. The summed E-state index contributed by atoms with van der Waals surface area (Å²) < 4.78 is 0. The highest BCUT2D eigenvalue weighted by molar-refractivity contribution is 5.63. The Labute approximate surface area is 85.2 Å². The van der Waals surface area contributed by atoms with E-state index in [0.717, 1.165) is 12.8 Å². The summed E-state index contributed by atoms with van der Waals surface area (Å²) in [5.74, 6) is 0.606. The second-order valence-electron chi connectivity index (χ2n) is 3.85. The molecule has 0 fully saturated rings. The van der Waals surface area contributed by atoms with Crippen LogP contribution in [0, 0.1) is 5.92 Å². The zero-order valence-electron chi connectivity index (χ0n) is 8.48. The lowest BCUT2D eigenvalue weighted by atomic mass is 10.0. The van der Waals surface area contributed by atoms with Crippen LogP contribution in [0.3, 0.4) is 0 Å². The van der Waals surface area contributed by atoms with Crippen LogP contribution in [0.5, 0.6) is 0 Å². The molecule has 72 valence electrons. The molecule has 1 nitrogen and oxygen atoms in total. The van der Waals surface area contributed by atoms with E-state index in [0.29, 0.717) is 5.92 Å². The van der Waals surface area contributed by atoms with Crippen molar-refractivity contribution in [2.75, 3.05) is 0 Å². The number of hydrogen-bond donors (Lipinski definition) is 0. The van der Waals surface area contributed by atoms with E-state index in [1.807, 2.05) is 6.07 Å². The van der Waals surface area contributed by atoms with Crippen molar-refractivity contribution in [3.05, 3.63) is 47.7 Å². The third-order valence-electron chi connectivity index (χ3n) is 2.45. The maximum atomic E-state index is 4.44. The average molecular weight is 185 g/mol. The molecule has 0 bridgehead atoms. The summed E-state index contributed by atoms with van der Waals surface area (Å²) >= 11 is 0. The number of rotatable bonds is 2. The second kappa shape index (κ2) is 4.23. The molecule has 2 rings (SSSR count). The van der Waals surface area contributed by atoms with Gasteiger partial charge in [0.15, 0.2) is 0 Å². The van der Waals surface area contributed by atoms with Crippen molar-refractivity contribution in [3.8, 4) is 0 Å². The number of hydrogen-bond acceptors (Lipinski definition) is 1. The van der Waals surface area contributed by atoms with Crippen LogP contribution in [0.15, 0.2) is 47.1 Å². The SMILES string of the molecule is CC1C=NC(Cc2ccccc2)=CC1. The molecule has 0 spiro atoms. The summed E-state index contributed by atoms with van der Waals surface area (Å²) in [4.78, 5) is 4.44. The van der Waals surface area contributed by atoms with E-state index in [-0.39, 0.29) is 0 Å². The lowest BCUT2D eigenvalue weighted by Crippen LogP contribution is -2.01. The van der Waals surface area contributed by atoms with Crippen LogP contribution in [-0.2, 0) is 6.42 Å². The largest absolute Gasteiger partial charge is 0.265 e. The van der Waals surface area contributed by atoms with Gasteiger partial charge in [-0.25, -0.2) is 0 Å². The van der Waals surface area contributed by atoms with Crippen molar-refractivity contribution in [2.24, 2.45) is 10.9 Å². The molecule has 1 unspecified atom stereocenters. The molecular formula is C13H15N. The van der Waals surface area contributed by atoms with Crippen molar-refractivity contribution >= 4 is 6.21 Å². The molecule has 1 aromatic carbocycles. The van der Waals surface area contributed by atoms with Crippen LogP contribution in [0.1, 0.15) is 18.9 Å². The highest BCUT2D eigenvalue weighted by atomic mass is 14.7. The second-order valence-corrected chi connectivity index (χ2v) is 3.85. The van der Waals surface area contributed by atoms with Gasteiger partial charge < -0.3 is 0 Å². The van der Waals surface area contributed by atoms with Gasteiger partial charge in [-0.1, -0.05) is 43.3 Å². The fourth-order valence-electron chi connectivity index (χ4n) is 1.58. The van der Waals surface area contributed by atoms with Gasteiger partial charge in [-0.3, -0.25) is 4.99 Å². The first-order valence-corrected chi connectivity index (χ1v) is 5.12. The zero-order valence-corrected chi connectivity index (χ0v) is 8.48. The predicted octanol–water partition coefficient (Wildman–Crippen LogP) is 3.22. The monoisotopic (exact) mass is 185 g/mol. The van der Waals surface area contributed by atoms with Gasteiger partial charge >= 0.3 is 0 Å². The smallest absolute Gasteiger partial charge is 0.0404 e. The first-order chi connectivity index (χ1) is 6.84. The van der Waals surface area contributed by atoms with Crippen LogP contribution < -0.4 is 0 Å². The molecule has 0 aliphatic carbocycles. The summed E-state index contributed by atoms with van der Waals surface area (Å²) in [7, 11) is 0. The minimum atomic E-state index is 0.606. The summed E-state index contributed by atoms with van der Waals surface area (Å²) in [6.07, 6.45) is 6.39. The van der Waals surface area contributed by atoms with E-state index in [9.17, 15) is 0 Å². The average Bonchev–Trinajstić information content (AvgIpc) is 2.23. The van der Waals surface area contributed by atoms with Crippen LogP contribution in [0.4, 0.5) is 0 Å². The Kier molecular flexibility index (Phi) is 2.78. The minimum absolute atomic E-state index is 0.606. The van der Waals surface area contributed by atoms with Gasteiger partial charge in [-0.2, -0.15) is 0 Å². The molecule has 1 aromatic rings. The van der Waals surface area contributed by atoms with E-state index in [1.165, 1.54) is 11.3 Å². The minimum Gasteiger partial charge on any atom is -0.265 e. The van der Waals surface area contributed by atoms with Crippen molar-refractivity contribution in [2.45, 2.75) is 19.8 Å². The van der Waals surface area contributed by atoms with E-state index >= 15 is 0 Å². The van der Waals surface area contributed by atoms with E-state index in [4.69, 9.17) is 0 Å². The van der Waals surface area contributed by atoms with Gasteiger partial charge in [0, 0.05) is 18.3 Å². The van der Waals surface area contributed by atoms with E-state index < -0.39 is 0 Å². The first-order valence-electron chi connectivity index (χ1n) is 5.12. The molecule has 0 radical (unpaired) electrons. The van der Waals surface area contributed by atoms with Crippen LogP contribution in [-0.4, -0.2) is 6.21 Å². The van der Waals surface area contributed by atoms with Crippen LogP contribution >= 0.6 is 0 Å². The van der Waals surface area contributed by atoms with Crippen LogP contribution in [0.2, 0.25) is 0 Å². The Morgan fingerprint density at radius 3 is 2.71 bits per heavy atom. The topological polar surface area (TPSA) is 12.4 Å². The molecule has 1 aliphatic rings. The van der Waals surface area contributed by atoms with Crippen molar-refractivity contribution in [1.29, 1.82) is 0 Å². The lowest BCUT2D eigenvalue weighted by Gasteiger charge is -2.10. The third-order valence-corrected chi connectivity index (χ3v) is 2.45. The van der Waals surface area contributed by atoms with Gasteiger partial charge in [0.25, 0.3) is 0 Å². The molecule has 0 saturated carbocycles. The molecule has 1 heterocycles. The molecular weight excluding hydrogens is 170 g/mol. The number of allylic oxidation sites excluding steroid dienone is 2. The van der Waals surface area contributed by atoms with Crippen molar-refractivity contribution in [1.82, 2.24) is 0 Å². The lowest BCUT2D eigenvalue weighted by molar-refractivity contribution is 0.779. The van der Waals surface area contributed by atoms with E-state index in [1.54, 1.807) is 0 Å². The molecule has 14 heavy (non-hydrogen) atoms. The predicted molar refractivity (Wildman–Crippen MR) is 60.5 cm³/mol. The molecule has 0 aromatic heterocycles. The molecule has 0 N–H and O–H groups in total. The summed E-state index contributed by atoms with van der Waals surface area (Å²) in [5.41, 5.74) is 2.54. The Morgan fingerprint density at radius 2 is 2.07 bits per heavy atom. The molecule has 1 atom stereocenters. The number of benzene rings is 1. The number of aliphatic imine (C=N–C) groups is 1. The number of nitrogens with zero attached hydrogens (tertiary/aromatic N) is 1. The molecule has 0 amide bonds. The summed E-state index contributed by atoms with van der Waals surface area (Å²) in [6, 6.07) is 10.5.